The van der Waals surface area contributed by atoms with Gasteiger partial charge >= 0.3 is 0 Å². The van der Waals surface area contributed by atoms with Gasteiger partial charge in [0.1, 0.15) is 5.65 Å². The van der Waals surface area contributed by atoms with Crippen molar-refractivity contribution in [2.24, 2.45) is 5.73 Å². The molecule has 0 spiro atoms. The maximum atomic E-state index is 10.8. The van der Waals surface area contributed by atoms with E-state index < -0.39 is 5.91 Å². The van der Waals surface area contributed by atoms with Crippen molar-refractivity contribution in [2.75, 3.05) is 0 Å². The van der Waals surface area contributed by atoms with Crippen LogP contribution >= 0.6 is 0 Å². The van der Waals surface area contributed by atoms with Gasteiger partial charge in [-0.3, -0.25) is 4.79 Å². The van der Waals surface area contributed by atoms with Crippen LogP contribution < -0.4 is 5.73 Å². The van der Waals surface area contributed by atoms with Crippen molar-refractivity contribution in [3.63, 3.8) is 0 Å². The number of hydrogen-bond donors (Lipinski definition) is 1. The largest absolute Gasteiger partial charge is 0.366 e. The molecule has 13 heavy (non-hydrogen) atoms. The van der Waals surface area contributed by atoms with Crippen molar-refractivity contribution in [1.82, 2.24) is 9.38 Å². The van der Waals surface area contributed by atoms with Crippen LogP contribution in [0.5, 0.6) is 0 Å². The van der Waals surface area contributed by atoms with Gasteiger partial charge in [-0.25, -0.2) is 4.98 Å². The van der Waals surface area contributed by atoms with Crippen LogP contribution in [0.15, 0.2) is 24.5 Å². The highest BCUT2D eigenvalue weighted by atomic mass is 16.1. The molecule has 66 valence electrons. The Labute approximate surface area is 75.0 Å². The number of imidazole rings is 1. The molecule has 0 radical (unpaired) electrons. The van der Waals surface area contributed by atoms with Crippen LogP contribution in [-0.2, 0) is 0 Å². The number of nitrogens with zero attached hydrogens (tertiary/aromatic N) is 2. The number of hydrogen-bond acceptors (Lipinski definition) is 2. The fourth-order valence-electron chi connectivity index (χ4n) is 1.26. The minimum atomic E-state index is -0.428. The zero-order valence-electron chi connectivity index (χ0n) is 7.19. The second-order valence-corrected chi connectivity index (χ2v) is 2.93. The third kappa shape index (κ3) is 1.26. The molecule has 0 saturated heterocycles. The van der Waals surface area contributed by atoms with Gasteiger partial charge in [0.2, 0.25) is 5.91 Å². The minimum absolute atomic E-state index is 0.428. The first-order chi connectivity index (χ1) is 6.16. The van der Waals surface area contributed by atoms with Crippen molar-refractivity contribution in [3.05, 3.63) is 35.8 Å². The van der Waals surface area contributed by atoms with E-state index in [1.165, 1.54) is 0 Å². The highest BCUT2D eigenvalue weighted by Gasteiger charge is 2.02. The van der Waals surface area contributed by atoms with Crippen molar-refractivity contribution in [2.45, 2.75) is 6.92 Å². The maximum Gasteiger partial charge on any atom is 0.248 e. The number of aryl methyl sites for hydroxylation is 1. The molecule has 2 N–H and O–H groups in total. The number of aromatic nitrogens is 2. The first-order valence-electron chi connectivity index (χ1n) is 3.92. The number of nitrogens with two attached hydrogens (primary N) is 1. The molecule has 0 aliphatic carbocycles. The molecule has 2 rings (SSSR count). The molecule has 2 heterocycles. The average molecular weight is 175 g/mol. The third-order valence-corrected chi connectivity index (χ3v) is 1.87. The van der Waals surface area contributed by atoms with Crippen molar-refractivity contribution in [1.29, 1.82) is 0 Å². The lowest BCUT2D eigenvalue weighted by Gasteiger charge is -1.95. The summed E-state index contributed by atoms with van der Waals surface area (Å²) in [6.45, 7) is 1.90. The highest BCUT2D eigenvalue weighted by Crippen LogP contribution is 2.06. The van der Waals surface area contributed by atoms with E-state index in [2.05, 4.69) is 4.98 Å². The summed E-state index contributed by atoms with van der Waals surface area (Å²) in [6.07, 6.45) is 3.66. The summed E-state index contributed by atoms with van der Waals surface area (Å²) < 4.78 is 1.85. The molecule has 1 amide bonds. The fourth-order valence-corrected chi connectivity index (χ4v) is 1.26. The molecule has 0 unspecified atom stereocenters. The van der Waals surface area contributed by atoms with Crippen LogP contribution in [-0.4, -0.2) is 15.3 Å². The Morgan fingerprint density at radius 2 is 2.38 bits per heavy atom. The van der Waals surface area contributed by atoms with Crippen molar-refractivity contribution >= 4 is 11.6 Å². The number of carbonyl (C=O) groups excluding carboxylic acids is 1. The lowest BCUT2D eigenvalue weighted by atomic mass is 10.2. The fraction of sp³-hybridized carbons (Fsp3) is 0.111. The van der Waals surface area contributed by atoms with E-state index >= 15 is 0 Å². The highest BCUT2D eigenvalue weighted by molar-refractivity contribution is 5.93. The number of rotatable bonds is 1. The van der Waals surface area contributed by atoms with E-state index in [9.17, 15) is 4.79 Å². The molecule has 4 heteroatoms. The van der Waals surface area contributed by atoms with Gasteiger partial charge in [-0.05, 0) is 19.1 Å². The van der Waals surface area contributed by atoms with E-state index in [0.717, 1.165) is 11.3 Å². The summed E-state index contributed by atoms with van der Waals surface area (Å²) in [5.41, 5.74) is 7.28. The van der Waals surface area contributed by atoms with E-state index in [-0.39, 0.29) is 0 Å². The Balaban J connectivity index is 2.67. The average Bonchev–Trinajstić information content (AvgIpc) is 2.42. The second kappa shape index (κ2) is 2.58. The number of primary amides is 1. The van der Waals surface area contributed by atoms with Gasteiger partial charge < -0.3 is 10.1 Å². The first kappa shape index (κ1) is 7.79. The molecular formula is C9H9N3O. The van der Waals surface area contributed by atoms with E-state index in [0.29, 0.717) is 5.56 Å². The molecular weight excluding hydrogens is 166 g/mol. The smallest absolute Gasteiger partial charge is 0.248 e. The summed E-state index contributed by atoms with van der Waals surface area (Å²) in [5, 5.41) is 0. The number of carbonyl (C=O) groups is 1. The van der Waals surface area contributed by atoms with Crippen LogP contribution in [0.1, 0.15) is 16.1 Å². The summed E-state index contributed by atoms with van der Waals surface area (Å²) in [7, 11) is 0. The Hall–Kier alpha value is -1.84. The van der Waals surface area contributed by atoms with E-state index in [1.807, 2.05) is 17.5 Å². The van der Waals surface area contributed by atoms with E-state index in [4.69, 9.17) is 5.73 Å². The van der Waals surface area contributed by atoms with Crippen LogP contribution in [0.25, 0.3) is 5.65 Å². The first-order valence-corrected chi connectivity index (χ1v) is 3.92. The number of fused-ring (bicyclic) bond motifs is 1. The monoisotopic (exact) mass is 175 g/mol. The van der Waals surface area contributed by atoms with Gasteiger partial charge in [0, 0.05) is 18.0 Å². The van der Waals surface area contributed by atoms with Crippen molar-refractivity contribution in [3.8, 4) is 0 Å². The second-order valence-electron chi connectivity index (χ2n) is 2.93. The van der Waals surface area contributed by atoms with Gasteiger partial charge in [0.05, 0.1) is 5.69 Å². The van der Waals surface area contributed by atoms with Crippen LogP contribution in [0.4, 0.5) is 0 Å². The molecule has 2 aromatic heterocycles. The van der Waals surface area contributed by atoms with Gasteiger partial charge in [0.15, 0.2) is 0 Å². The van der Waals surface area contributed by atoms with Gasteiger partial charge in [-0.1, -0.05) is 0 Å². The van der Waals surface area contributed by atoms with Crippen LogP contribution in [0.3, 0.4) is 0 Å². The zero-order chi connectivity index (χ0) is 9.42. The summed E-state index contributed by atoms with van der Waals surface area (Å²) >= 11 is 0. The topological polar surface area (TPSA) is 60.4 Å². The number of pyridine rings is 1. The quantitative estimate of drug-likeness (QED) is 0.694. The summed E-state index contributed by atoms with van der Waals surface area (Å²) in [4.78, 5) is 15.0. The Bertz CT molecular complexity index is 473. The predicted molar refractivity (Wildman–Crippen MR) is 48.4 cm³/mol. The summed E-state index contributed by atoms with van der Waals surface area (Å²) in [6, 6.07) is 3.35. The summed E-state index contributed by atoms with van der Waals surface area (Å²) in [5.74, 6) is -0.428. The minimum Gasteiger partial charge on any atom is -0.366 e. The lowest BCUT2D eigenvalue weighted by molar-refractivity contribution is 0.100. The molecule has 4 nitrogen and oxygen atoms in total. The molecule has 0 bridgehead atoms. The Morgan fingerprint density at radius 3 is 3.08 bits per heavy atom. The SMILES string of the molecule is Cc1cn2ccc(C(N)=O)cc2n1. The lowest BCUT2D eigenvalue weighted by Crippen LogP contribution is -2.10. The molecule has 0 aliphatic rings. The van der Waals surface area contributed by atoms with Gasteiger partial charge in [0.25, 0.3) is 0 Å². The normalized spacial score (nSPS) is 10.5. The Kier molecular flexibility index (Phi) is 1.55. The Morgan fingerprint density at radius 1 is 1.62 bits per heavy atom. The molecule has 0 aromatic carbocycles. The molecule has 2 aromatic rings. The zero-order valence-corrected chi connectivity index (χ0v) is 7.19. The molecule has 0 atom stereocenters. The standard InChI is InChI=1S/C9H9N3O/c1-6-5-12-3-2-7(9(10)13)4-8(12)11-6/h2-5H,1H3,(H2,10,13). The van der Waals surface area contributed by atoms with Gasteiger partial charge in [-0.2, -0.15) is 0 Å². The predicted octanol–water partition coefficient (Wildman–Crippen LogP) is 0.742. The van der Waals surface area contributed by atoms with Crippen LogP contribution in [0.2, 0.25) is 0 Å². The molecule has 0 saturated carbocycles. The van der Waals surface area contributed by atoms with Crippen molar-refractivity contribution < 1.29 is 4.79 Å². The molecule has 0 fully saturated rings. The maximum absolute atomic E-state index is 10.8. The van der Waals surface area contributed by atoms with Crippen LogP contribution in [0, 0.1) is 6.92 Å². The number of amides is 1. The van der Waals surface area contributed by atoms with E-state index in [1.54, 1.807) is 18.3 Å². The third-order valence-electron chi connectivity index (χ3n) is 1.87. The molecule has 0 aliphatic heterocycles. The van der Waals surface area contributed by atoms with Gasteiger partial charge in [-0.15, -0.1) is 0 Å².